The van der Waals surface area contributed by atoms with Gasteiger partial charge < -0.3 is 15.8 Å². The molecule has 0 fully saturated rings. The van der Waals surface area contributed by atoms with E-state index in [1.807, 2.05) is 24.3 Å². The molecule has 3 N–H and O–H groups in total. The molecular weight excluding hydrogens is 216 g/mol. The van der Waals surface area contributed by atoms with Crippen LogP contribution in [-0.2, 0) is 9.53 Å². The number of rotatable bonds is 5. The van der Waals surface area contributed by atoms with Crippen LogP contribution in [0.25, 0.3) is 0 Å². The molecule has 0 saturated heterocycles. The van der Waals surface area contributed by atoms with Crippen LogP contribution in [0.4, 0.5) is 5.69 Å². The molecule has 1 unspecified atom stereocenters. The van der Waals surface area contributed by atoms with Crippen LogP contribution < -0.4 is 11.1 Å². The third-order valence-corrected chi connectivity index (χ3v) is 2.64. The number of benzene rings is 1. The number of hydrogen-bond acceptors (Lipinski definition) is 3. The molecule has 0 heterocycles. The van der Waals surface area contributed by atoms with E-state index < -0.39 is 6.10 Å². The quantitative estimate of drug-likeness (QED) is 0.818. The molecule has 1 atom stereocenters. The predicted molar refractivity (Wildman–Crippen MR) is 69.0 cm³/mol. The summed E-state index contributed by atoms with van der Waals surface area (Å²) in [6, 6.07) is 7.78. The first-order valence-corrected chi connectivity index (χ1v) is 5.72. The summed E-state index contributed by atoms with van der Waals surface area (Å²) >= 11 is 0. The van der Waals surface area contributed by atoms with Gasteiger partial charge in [-0.2, -0.15) is 0 Å². The van der Waals surface area contributed by atoms with Crippen LogP contribution in [0.5, 0.6) is 0 Å². The number of nitrogens with two attached hydrogens (primary N) is 1. The summed E-state index contributed by atoms with van der Waals surface area (Å²) in [6.45, 7) is 4.43. The lowest BCUT2D eigenvalue weighted by Gasteiger charge is -2.13. The lowest BCUT2D eigenvalue weighted by molar-refractivity contribution is -0.125. The van der Waals surface area contributed by atoms with E-state index in [1.54, 1.807) is 0 Å². The van der Waals surface area contributed by atoms with Crippen molar-refractivity contribution in [3.8, 4) is 0 Å². The maximum atomic E-state index is 11.7. The molecule has 17 heavy (non-hydrogen) atoms. The summed E-state index contributed by atoms with van der Waals surface area (Å²) in [6.07, 6.45) is -0.597. The van der Waals surface area contributed by atoms with E-state index in [0.717, 1.165) is 5.69 Å². The van der Waals surface area contributed by atoms with E-state index in [9.17, 15) is 4.79 Å². The number of carbonyl (C=O) groups is 1. The van der Waals surface area contributed by atoms with Gasteiger partial charge in [-0.25, -0.2) is 0 Å². The number of ether oxygens (including phenoxy) is 1. The van der Waals surface area contributed by atoms with Gasteiger partial charge in [0.25, 0.3) is 5.91 Å². The van der Waals surface area contributed by atoms with Gasteiger partial charge in [0.15, 0.2) is 0 Å². The van der Waals surface area contributed by atoms with Gasteiger partial charge in [-0.3, -0.25) is 4.79 Å². The molecule has 4 heteroatoms. The Hall–Kier alpha value is -1.39. The molecule has 1 aromatic carbocycles. The van der Waals surface area contributed by atoms with Crippen molar-refractivity contribution in [3.05, 3.63) is 29.8 Å². The van der Waals surface area contributed by atoms with Crippen LogP contribution in [0.2, 0.25) is 0 Å². The molecule has 1 aromatic rings. The van der Waals surface area contributed by atoms with Gasteiger partial charge in [-0.05, 0) is 23.6 Å². The van der Waals surface area contributed by atoms with Gasteiger partial charge >= 0.3 is 0 Å². The molecule has 0 saturated carbocycles. The van der Waals surface area contributed by atoms with Crippen molar-refractivity contribution < 1.29 is 9.53 Å². The number of hydrogen-bond donors (Lipinski definition) is 2. The molecule has 0 spiro atoms. The zero-order valence-electron chi connectivity index (χ0n) is 10.6. The monoisotopic (exact) mass is 236 g/mol. The highest BCUT2D eigenvalue weighted by Crippen LogP contribution is 2.17. The van der Waals surface area contributed by atoms with Gasteiger partial charge in [-0.15, -0.1) is 0 Å². The lowest BCUT2D eigenvalue weighted by Crippen LogP contribution is -2.35. The maximum absolute atomic E-state index is 11.7. The lowest BCUT2D eigenvalue weighted by atomic mass is 10.0. The van der Waals surface area contributed by atoms with Crippen molar-refractivity contribution >= 4 is 11.6 Å². The average Bonchev–Trinajstić information content (AvgIpc) is 2.31. The fourth-order valence-electron chi connectivity index (χ4n) is 1.48. The smallest absolute Gasteiger partial charge is 0.254 e. The molecular formula is C13H20N2O2. The van der Waals surface area contributed by atoms with Crippen molar-refractivity contribution in [2.45, 2.75) is 25.9 Å². The second-order valence-corrected chi connectivity index (χ2v) is 4.23. The second-order valence-electron chi connectivity index (χ2n) is 4.23. The normalized spacial score (nSPS) is 12.5. The molecule has 0 aliphatic rings. The molecule has 1 amide bonds. The summed E-state index contributed by atoms with van der Waals surface area (Å²) in [4.78, 5) is 11.7. The van der Waals surface area contributed by atoms with Crippen molar-refractivity contribution in [1.29, 1.82) is 0 Å². The first-order valence-electron chi connectivity index (χ1n) is 5.72. The number of methoxy groups -OCH3 is 1. The predicted octanol–water partition coefficient (Wildman–Crippen LogP) is 1.72. The Morgan fingerprint density at radius 2 is 1.94 bits per heavy atom. The summed E-state index contributed by atoms with van der Waals surface area (Å²) in [7, 11) is 1.47. The Kier molecular flexibility index (Phi) is 5.12. The Bertz CT molecular complexity index is 356. The minimum atomic E-state index is -0.597. The molecule has 0 aromatic heterocycles. The topological polar surface area (TPSA) is 64.3 Å². The van der Waals surface area contributed by atoms with Crippen LogP contribution in [-0.4, -0.2) is 25.7 Å². The van der Waals surface area contributed by atoms with E-state index in [1.165, 1.54) is 12.7 Å². The van der Waals surface area contributed by atoms with E-state index in [4.69, 9.17) is 10.5 Å². The maximum Gasteiger partial charge on any atom is 0.254 e. The molecule has 0 aliphatic carbocycles. The van der Waals surface area contributed by atoms with Crippen molar-refractivity contribution in [2.75, 3.05) is 19.0 Å². The molecule has 94 valence electrons. The summed E-state index contributed by atoms with van der Waals surface area (Å²) < 4.78 is 4.96. The van der Waals surface area contributed by atoms with Crippen molar-refractivity contribution in [1.82, 2.24) is 0 Å². The first kappa shape index (κ1) is 13.7. The second kappa shape index (κ2) is 6.37. The molecule has 0 aliphatic heterocycles. The highest BCUT2D eigenvalue weighted by molar-refractivity contribution is 5.94. The van der Waals surface area contributed by atoms with Crippen LogP contribution in [0.3, 0.4) is 0 Å². The van der Waals surface area contributed by atoms with Crippen LogP contribution >= 0.6 is 0 Å². The zero-order chi connectivity index (χ0) is 12.8. The fourth-order valence-corrected chi connectivity index (χ4v) is 1.48. The SMILES string of the molecule is COC(CN)C(=O)Nc1ccc(C(C)C)cc1. The van der Waals surface area contributed by atoms with Gasteiger partial charge in [0.1, 0.15) is 6.10 Å². The molecule has 0 bridgehead atoms. The minimum Gasteiger partial charge on any atom is -0.370 e. The Balaban J connectivity index is 2.66. The highest BCUT2D eigenvalue weighted by Gasteiger charge is 2.15. The number of nitrogens with one attached hydrogen (secondary N) is 1. The molecule has 1 rings (SSSR count). The van der Waals surface area contributed by atoms with Crippen molar-refractivity contribution in [2.24, 2.45) is 5.73 Å². The molecule has 0 radical (unpaired) electrons. The van der Waals surface area contributed by atoms with Crippen LogP contribution in [0, 0.1) is 0 Å². The van der Waals surface area contributed by atoms with Gasteiger partial charge in [-0.1, -0.05) is 26.0 Å². The number of carbonyl (C=O) groups excluding carboxylic acids is 1. The molecule has 4 nitrogen and oxygen atoms in total. The summed E-state index contributed by atoms with van der Waals surface area (Å²) in [5.41, 5.74) is 7.42. The van der Waals surface area contributed by atoms with Gasteiger partial charge in [0, 0.05) is 19.3 Å². The van der Waals surface area contributed by atoms with Gasteiger partial charge in [0.05, 0.1) is 0 Å². The fraction of sp³-hybridized carbons (Fsp3) is 0.462. The highest BCUT2D eigenvalue weighted by atomic mass is 16.5. The van der Waals surface area contributed by atoms with Gasteiger partial charge in [0.2, 0.25) is 0 Å². The average molecular weight is 236 g/mol. The third kappa shape index (κ3) is 3.84. The van der Waals surface area contributed by atoms with E-state index in [-0.39, 0.29) is 12.5 Å². The zero-order valence-corrected chi connectivity index (χ0v) is 10.6. The first-order chi connectivity index (χ1) is 8.08. The van der Waals surface area contributed by atoms with Crippen molar-refractivity contribution in [3.63, 3.8) is 0 Å². The third-order valence-electron chi connectivity index (χ3n) is 2.64. The summed E-state index contributed by atoms with van der Waals surface area (Å²) in [5.74, 6) is 0.266. The van der Waals surface area contributed by atoms with E-state index >= 15 is 0 Å². The minimum absolute atomic E-state index is 0.173. The summed E-state index contributed by atoms with van der Waals surface area (Å²) in [5, 5.41) is 2.77. The van der Waals surface area contributed by atoms with E-state index in [2.05, 4.69) is 19.2 Å². The Morgan fingerprint density at radius 1 is 1.35 bits per heavy atom. The van der Waals surface area contributed by atoms with E-state index in [0.29, 0.717) is 5.92 Å². The standard InChI is InChI=1S/C13H20N2O2/c1-9(2)10-4-6-11(7-5-10)15-13(16)12(8-14)17-3/h4-7,9,12H,8,14H2,1-3H3,(H,15,16). The van der Waals surface area contributed by atoms with Crippen LogP contribution in [0.15, 0.2) is 24.3 Å². The van der Waals surface area contributed by atoms with Crippen LogP contribution in [0.1, 0.15) is 25.3 Å². The largest absolute Gasteiger partial charge is 0.370 e. The Morgan fingerprint density at radius 3 is 2.35 bits per heavy atom. The number of anilines is 1. The Labute approximate surface area is 102 Å². The number of amides is 1.